The van der Waals surface area contributed by atoms with Gasteiger partial charge in [-0.25, -0.2) is 4.99 Å². The third-order valence-electron chi connectivity index (χ3n) is 4.05. The van der Waals surface area contributed by atoms with E-state index >= 15 is 0 Å². The van der Waals surface area contributed by atoms with Crippen molar-refractivity contribution < 1.29 is 14.1 Å². The van der Waals surface area contributed by atoms with Gasteiger partial charge in [-0.2, -0.15) is 4.98 Å². The third kappa shape index (κ3) is 2.58. The molecule has 1 saturated heterocycles. The van der Waals surface area contributed by atoms with Gasteiger partial charge in [0.2, 0.25) is 5.89 Å². The maximum absolute atomic E-state index is 12.3. The van der Waals surface area contributed by atoms with Gasteiger partial charge < -0.3 is 9.42 Å². The molecule has 2 amide bonds. The number of carbonyl (C=O) groups is 2. The van der Waals surface area contributed by atoms with Crippen molar-refractivity contribution in [3.05, 3.63) is 45.8 Å². The number of rotatable bonds is 3. The van der Waals surface area contributed by atoms with Crippen molar-refractivity contribution in [1.82, 2.24) is 15.0 Å². The molecule has 0 aromatic carbocycles. The Hall–Kier alpha value is -2.61. The van der Waals surface area contributed by atoms with Crippen LogP contribution in [0.5, 0.6) is 0 Å². The minimum atomic E-state index is -0.584. The van der Waals surface area contributed by atoms with Crippen LogP contribution in [0.3, 0.4) is 0 Å². The van der Waals surface area contributed by atoms with E-state index in [4.69, 9.17) is 4.52 Å². The summed E-state index contributed by atoms with van der Waals surface area (Å²) in [6.45, 7) is 3.06. The van der Waals surface area contributed by atoms with Crippen LogP contribution in [-0.2, 0) is 4.79 Å². The zero-order valence-corrected chi connectivity index (χ0v) is 13.7. The fraction of sp³-hybridized carbons (Fsp3) is 0.312. The number of aliphatic imine (C=N–C) groups is 1. The van der Waals surface area contributed by atoms with Crippen LogP contribution in [-0.4, -0.2) is 46.2 Å². The molecule has 122 valence electrons. The van der Waals surface area contributed by atoms with Gasteiger partial charge in [0, 0.05) is 19.3 Å². The Kier molecular flexibility index (Phi) is 3.61. The summed E-state index contributed by atoms with van der Waals surface area (Å²) in [6, 6.07) is 1.90. The quantitative estimate of drug-likeness (QED) is 0.850. The molecule has 8 heteroatoms. The Labute approximate surface area is 141 Å². The lowest BCUT2D eigenvalue weighted by Gasteiger charge is -2.36. The number of hydrogen-bond donors (Lipinski definition) is 0. The minimum absolute atomic E-state index is 0.0161. The van der Waals surface area contributed by atoms with Crippen molar-refractivity contribution in [2.75, 3.05) is 13.1 Å². The topological polar surface area (TPSA) is 88.7 Å². The molecule has 0 radical (unpaired) electrons. The number of allylic oxidation sites excluding steroid dienone is 1. The molecule has 0 spiro atoms. The molecule has 0 N–H and O–H groups in total. The van der Waals surface area contributed by atoms with E-state index in [1.807, 2.05) is 18.4 Å². The Morgan fingerprint density at radius 1 is 1.42 bits per heavy atom. The first kappa shape index (κ1) is 14.9. The maximum atomic E-state index is 12.3. The summed E-state index contributed by atoms with van der Waals surface area (Å²) in [4.78, 5) is 34.6. The number of nitrogens with zero attached hydrogens (tertiary/aromatic N) is 4. The number of likely N-dealkylation sites (tertiary alicyclic amines) is 1. The van der Waals surface area contributed by atoms with Crippen molar-refractivity contribution in [2.24, 2.45) is 4.99 Å². The first-order valence-electron chi connectivity index (χ1n) is 7.54. The van der Waals surface area contributed by atoms with Crippen LogP contribution in [0.25, 0.3) is 0 Å². The molecule has 7 nitrogen and oxygen atoms in total. The molecule has 2 aliphatic rings. The number of aryl methyl sites for hydroxylation is 1. The second kappa shape index (κ2) is 5.79. The molecule has 1 unspecified atom stereocenters. The van der Waals surface area contributed by atoms with Gasteiger partial charge in [0.1, 0.15) is 5.92 Å². The van der Waals surface area contributed by atoms with Gasteiger partial charge in [-0.1, -0.05) is 11.2 Å². The summed E-state index contributed by atoms with van der Waals surface area (Å²) in [5.41, 5.74) is 1.09. The molecular formula is C16H14N4O3S. The molecule has 24 heavy (non-hydrogen) atoms. The van der Waals surface area contributed by atoms with Crippen molar-refractivity contribution in [3.8, 4) is 0 Å². The average Bonchev–Trinajstić information content (AvgIpc) is 3.15. The number of hydrogen-bond acceptors (Lipinski definition) is 6. The van der Waals surface area contributed by atoms with Crippen LogP contribution >= 0.6 is 11.3 Å². The standard InChI is InChI=1S/C16H14N4O3S/c1-9-5-12(24-8-9)16(22)20-6-10(7-20)15-18-13(19-23-15)11-3-2-4-17-14(11)21/h2-5,8,10-11H,6-7H2,1H3. The van der Waals surface area contributed by atoms with Gasteiger partial charge >= 0.3 is 0 Å². The van der Waals surface area contributed by atoms with E-state index < -0.39 is 5.92 Å². The molecule has 4 heterocycles. The molecule has 0 bridgehead atoms. The normalized spacial score (nSPS) is 20.5. The fourth-order valence-electron chi connectivity index (χ4n) is 2.68. The average molecular weight is 342 g/mol. The van der Waals surface area contributed by atoms with Gasteiger partial charge in [-0.15, -0.1) is 11.3 Å². The molecule has 1 fully saturated rings. The Balaban J connectivity index is 1.41. The summed E-state index contributed by atoms with van der Waals surface area (Å²) < 4.78 is 5.27. The highest BCUT2D eigenvalue weighted by Gasteiger charge is 2.37. The highest BCUT2D eigenvalue weighted by molar-refractivity contribution is 7.12. The third-order valence-corrected chi connectivity index (χ3v) is 5.09. The highest BCUT2D eigenvalue weighted by Crippen LogP contribution is 2.30. The fourth-order valence-corrected chi connectivity index (χ4v) is 3.54. The second-order valence-corrected chi connectivity index (χ2v) is 6.78. The summed E-state index contributed by atoms with van der Waals surface area (Å²) in [6.07, 6.45) is 4.83. The molecule has 4 rings (SSSR count). The van der Waals surface area contributed by atoms with Crippen LogP contribution in [0.15, 0.2) is 33.1 Å². The van der Waals surface area contributed by atoms with Gasteiger partial charge in [-0.3, -0.25) is 9.59 Å². The van der Waals surface area contributed by atoms with Gasteiger partial charge in [0.25, 0.3) is 11.8 Å². The van der Waals surface area contributed by atoms with Crippen molar-refractivity contribution in [2.45, 2.75) is 18.8 Å². The van der Waals surface area contributed by atoms with Crippen LogP contribution in [0.1, 0.15) is 38.8 Å². The molecule has 0 aliphatic carbocycles. The smallest absolute Gasteiger partial charge is 0.263 e. The van der Waals surface area contributed by atoms with Crippen LogP contribution in [0.2, 0.25) is 0 Å². The Morgan fingerprint density at radius 3 is 2.96 bits per heavy atom. The van der Waals surface area contributed by atoms with Crippen LogP contribution in [0, 0.1) is 6.92 Å². The lowest BCUT2D eigenvalue weighted by Crippen LogP contribution is -2.48. The lowest BCUT2D eigenvalue weighted by molar-refractivity contribution is -0.118. The summed E-state index contributed by atoms with van der Waals surface area (Å²) >= 11 is 1.45. The molecule has 1 atom stereocenters. The second-order valence-electron chi connectivity index (χ2n) is 5.87. The predicted molar refractivity (Wildman–Crippen MR) is 87.4 cm³/mol. The first-order chi connectivity index (χ1) is 11.6. The monoisotopic (exact) mass is 342 g/mol. The van der Waals surface area contributed by atoms with Crippen LogP contribution < -0.4 is 0 Å². The van der Waals surface area contributed by atoms with E-state index in [1.54, 1.807) is 17.1 Å². The first-order valence-corrected chi connectivity index (χ1v) is 8.42. The van der Waals surface area contributed by atoms with Crippen LogP contribution in [0.4, 0.5) is 0 Å². The van der Waals surface area contributed by atoms with Crippen molar-refractivity contribution >= 4 is 29.4 Å². The molecule has 2 aliphatic heterocycles. The van der Waals surface area contributed by atoms with Crippen molar-refractivity contribution in [3.63, 3.8) is 0 Å². The number of thiophene rings is 1. The number of amides is 2. The van der Waals surface area contributed by atoms with Gasteiger partial charge in [-0.05, 0) is 30.0 Å². The van der Waals surface area contributed by atoms with Gasteiger partial charge in [0.05, 0.1) is 10.8 Å². The van der Waals surface area contributed by atoms with E-state index in [9.17, 15) is 9.59 Å². The zero-order chi connectivity index (χ0) is 16.7. The summed E-state index contributed by atoms with van der Waals surface area (Å²) in [5, 5.41) is 5.86. The van der Waals surface area contributed by atoms with Crippen molar-refractivity contribution in [1.29, 1.82) is 0 Å². The summed E-state index contributed by atoms with van der Waals surface area (Å²) in [7, 11) is 0. The number of dihydropyridines is 1. The maximum Gasteiger partial charge on any atom is 0.263 e. The predicted octanol–water partition coefficient (Wildman–Crippen LogP) is 1.93. The van der Waals surface area contributed by atoms with E-state index in [2.05, 4.69) is 15.1 Å². The summed E-state index contributed by atoms with van der Waals surface area (Å²) in [5.74, 6) is -0.0529. The highest BCUT2D eigenvalue weighted by atomic mass is 32.1. The zero-order valence-electron chi connectivity index (χ0n) is 12.9. The van der Waals surface area contributed by atoms with E-state index in [0.717, 1.165) is 10.4 Å². The SMILES string of the molecule is Cc1csc(C(=O)N2CC(c3nc(C4C=CC=NC4=O)no3)C2)c1. The minimum Gasteiger partial charge on any atom is -0.339 e. The Bertz CT molecular complexity index is 860. The largest absolute Gasteiger partial charge is 0.339 e. The number of aromatic nitrogens is 2. The van der Waals surface area contributed by atoms with E-state index in [0.29, 0.717) is 24.8 Å². The molecular weight excluding hydrogens is 328 g/mol. The number of carbonyl (C=O) groups excluding carboxylic acids is 2. The van der Waals surface area contributed by atoms with E-state index in [1.165, 1.54) is 17.6 Å². The molecule has 2 aromatic rings. The lowest BCUT2D eigenvalue weighted by atomic mass is 9.99. The van der Waals surface area contributed by atoms with Gasteiger partial charge in [0.15, 0.2) is 5.82 Å². The Morgan fingerprint density at radius 2 is 2.25 bits per heavy atom. The molecule has 2 aromatic heterocycles. The van der Waals surface area contributed by atoms with E-state index in [-0.39, 0.29) is 17.7 Å². The molecule has 0 saturated carbocycles.